The van der Waals surface area contributed by atoms with Gasteiger partial charge in [0.15, 0.2) is 0 Å². The van der Waals surface area contributed by atoms with Crippen LogP contribution in [0, 0.1) is 16.7 Å². The number of nitrogens with zero attached hydrogens (tertiary/aromatic N) is 1. The fraction of sp³-hybridized carbons (Fsp3) is 0.444. The van der Waals surface area contributed by atoms with Crippen LogP contribution in [0.15, 0.2) is 24.8 Å². The first-order valence-corrected chi connectivity index (χ1v) is 3.23. The highest BCUT2D eigenvalue weighted by atomic mass is 14.3. The van der Waals surface area contributed by atoms with Gasteiger partial charge in [0.2, 0.25) is 0 Å². The molecule has 0 saturated carbocycles. The van der Waals surface area contributed by atoms with E-state index < -0.39 is 5.41 Å². The Morgan fingerprint density at radius 3 is 2.40 bits per heavy atom. The van der Waals surface area contributed by atoms with E-state index in [2.05, 4.69) is 19.2 Å². The van der Waals surface area contributed by atoms with Gasteiger partial charge in [-0.1, -0.05) is 11.6 Å². The fourth-order valence-corrected chi connectivity index (χ4v) is 0.784. The number of nitriles is 1. The standard InChI is InChI=1S/C9H13N/c1-5-9(4,7-10)6-8(2)3/h5H,1-2,6H2,3-4H3. The SMILES string of the molecule is C=CC(C)(C#N)CC(=C)C. The molecule has 1 nitrogen and oxygen atoms in total. The second-order valence-corrected chi connectivity index (χ2v) is 2.87. The molecule has 1 atom stereocenters. The minimum absolute atomic E-state index is 0.425. The van der Waals surface area contributed by atoms with Gasteiger partial charge in [-0.25, -0.2) is 0 Å². The van der Waals surface area contributed by atoms with E-state index in [0.29, 0.717) is 6.42 Å². The number of hydrogen-bond donors (Lipinski definition) is 0. The number of rotatable bonds is 3. The summed E-state index contributed by atoms with van der Waals surface area (Å²) in [6.45, 7) is 11.1. The maximum Gasteiger partial charge on any atom is 0.0759 e. The molecule has 0 aromatic heterocycles. The largest absolute Gasteiger partial charge is 0.197 e. The van der Waals surface area contributed by atoms with Crippen LogP contribution in [-0.4, -0.2) is 0 Å². The van der Waals surface area contributed by atoms with Crippen molar-refractivity contribution in [2.24, 2.45) is 5.41 Å². The monoisotopic (exact) mass is 135 g/mol. The second kappa shape index (κ2) is 3.22. The molecule has 0 aliphatic carbocycles. The molecular formula is C9H13N. The lowest BCUT2D eigenvalue weighted by Crippen LogP contribution is -2.09. The van der Waals surface area contributed by atoms with Crippen LogP contribution in [0.25, 0.3) is 0 Å². The highest BCUT2D eigenvalue weighted by Crippen LogP contribution is 2.24. The van der Waals surface area contributed by atoms with Crippen molar-refractivity contribution in [2.75, 3.05) is 0 Å². The van der Waals surface area contributed by atoms with Crippen molar-refractivity contribution >= 4 is 0 Å². The van der Waals surface area contributed by atoms with Gasteiger partial charge in [0.25, 0.3) is 0 Å². The molecule has 0 saturated heterocycles. The molecule has 0 aliphatic heterocycles. The molecule has 0 aromatic carbocycles. The van der Waals surface area contributed by atoms with Crippen LogP contribution < -0.4 is 0 Å². The summed E-state index contributed by atoms with van der Waals surface area (Å²) in [6, 6.07) is 2.18. The minimum atomic E-state index is -0.425. The molecule has 0 bridgehead atoms. The molecule has 0 aliphatic rings. The molecule has 0 N–H and O–H groups in total. The van der Waals surface area contributed by atoms with Crippen LogP contribution in [0.3, 0.4) is 0 Å². The van der Waals surface area contributed by atoms with Crippen molar-refractivity contribution in [2.45, 2.75) is 20.3 Å². The highest BCUT2D eigenvalue weighted by Gasteiger charge is 2.18. The van der Waals surface area contributed by atoms with Gasteiger partial charge < -0.3 is 0 Å². The third kappa shape index (κ3) is 2.50. The zero-order valence-electron chi connectivity index (χ0n) is 6.65. The molecule has 54 valence electrons. The summed E-state index contributed by atoms with van der Waals surface area (Å²) < 4.78 is 0. The van der Waals surface area contributed by atoms with Gasteiger partial charge in [0.05, 0.1) is 11.5 Å². The Balaban J connectivity index is 4.24. The molecule has 0 heterocycles. The third-order valence-corrected chi connectivity index (χ3v) is 1.37. The quantitative estimate of drug-likeness (QED) is 0.546. The Morgan fingerprint density at radius 1 is 1.80 bits per heavy atom. The van der Waals surface area contributed by atoms with Crippen LogP contribution in [0.4, 0.5) is 0 Å². The maximum atomic E-state index is 8.67. The van der Waals surface area contributed by atoms with Gasteiger partial charge in [-0.2, -0.15) is 5.26 Å². The Hall–Kier alpha value is -1.03. The molecule has 0 spiro atoms. The lowest BCUT2D eigenvalue weighted by Gasteiger charge is -2.15. The van der Waals surface area contributed by atoms with Crippen LogP contribution in [0.2, 0.25) is 0 Å². The smallest absolute Gasteiger partial charge is 0.0759 e. The first-order chi connectivity index (χ1) is 4.54. The van der Waals surface area contributed by atoms with Crippen LogP contribution in [-0.2, 0) is 0 Å². The van der Waals surface area contributed by atoms with Gasteiger partial charge in [-0.3, -0.25) is 0 Å². The Kier molecular flexibility index (Phi) is 2.89. The van der Waals surface area contributed by atoms with E-state index in [4.69, 9.17) is 5.26 Å². The topological polar surface area (TPSA) is 23.8 Å². The normalized spacial score (nSPS) is 14.9. The van der Waals surface area contributed by atoms with E-state index in [0.717, 1.165) is 5.57 Å². The molecular weight excluding hydrogens is 122 g/mol. The zero-order chi connectivity index (χ0) is 8.20. The number of allylic oxidation sites excluding steroid dienone is 2. The molecule has 0 amide bonds. The van der Waals surface area contributed by atoms with Crippen LogP contribution in [0.5, 0.6) is 0 Å². The van der Waals surface area contributed by atoms with E-state index >= 15 is 0 Å². The maximum absolute atomic E-state index is 8.67. The summed E-state index contributed by atoms with van der Waals surface area (Å²) in [5.74, 6) is 0. The molecule has 1 heteroatoms. The molecule has 10 heavy (non-hydrogen) atoms. The van der Waals surface area contributed by atoms with E-state index in [1.165, 1.54) is 0 Å². The van der Waals surface area contributed by atoms with Gasteiger partial charge in [-0.15, -0.1) is 13.2 Å². The molecule has 0 radical (unpaired) electrons. The predicted octanol–water partition coefficient (Wildman–Crippen LogP) is 2.67. The van der Waals surface area contributed by atoms with Gasteiger partial charge >= 0.3 is 0 Å². The van der Waals surface area contributed by atoms with Crippen molar-refractivity contribution in [3.8, 4) is 6.07 Å². The average Bonchev–Trinajstić information content (AvgIpc) is 1.87. The molecule has 0 fully saturated rings. The summed E-state index contributed by atoms with van der Waals surface area (Å²) in [5, 5.41) is 8.67. The van der Waals surface area contributed by atoms with Crippen molar-refractivity contribution in [3.05, 3.63) is 24.8 Å². The lowest BCUT2D eigenvalue weighted by molar-refractivity contribution is 0.564. The summed E-state index contributed by atoms with van der Waals surface area (Å²) >= 11 is 0. The summed E-state index contributed by atoms with van der Waals surface area (Å²) in [5.41, 5.74) is 0.593. The number of hydrogen-bond acceptors (Lipinski definition) is 1. The molecule has 1 unspecified atom stereocenters. The van der Waals surface area contributed by atoms with Gasteiger partial charge in [0, 0.05) is 0 Å². The van der Waals surface area contributed by atoms with Gasteiger partial charge in [-0.05, 0) is 20.3 Å². The first kappa shape index (κ1) is 8.97. The predicted molar refractivity (Wildman–Crippen MR) is 43.3 cm³/mol. The summed E-state index contributed by atoms with van der Waals surface area (Å²) in [6.07, 6.45) is 2.37. The third-order valence-electron chi connectivity index (χ3n) is 1.37. The van der Waals surface area contributed by atoms with Crippen molar-refractivity contribution < 1.29 is 0 Å². The fourth-order valence-electron chi connectivity index (χ4n) is 0.784. The van der Waals surface area contributed by atoms with Crippen molar-refractivity contribution in [3.63, 3.8) is 0 Å². The minimum Gasteiger partial charge on any atom is -0.197 e. The van der Waals surface area contributed by atoms with Gasteiger partial charge in [0.1, 0.15) is 0 Å². The van der Waals surface area contributed by atoms with E-state index in [-0.39, 0.29) is 0 Å². The Bertz CT molecular complexity index is 185. The Labute approximate surface area is 62.7 Å². The average molecular weight is 135 g/mol. The zero-order valence-corrected chi connectivity index (χ0v) is 6.65. The van der Waals surface area contributed by atoms with Crippen molar-refractivity contribution in [1.82, 2.24) is 0 Å². The Morgan fingerprint density at radius 2 is 2.30 bits per heavy atom. The van der Waals surface area contributed by atoms with E-state index in [1.807, 2.05) is 13.8 Å². The highest BCUT2D eigenvalue weighted by molar-refractivity contribution is 5.13. The molecule has 0 aromatic rings. The molecule has 0 rings (SSSR count). The first-order valence-electron chi connectivity index (χ1n) is 3.23. The summed E-state index contributed by atoms with van der Waals surface area (Å²) in [7, 11) is 0. The van der Waals surface area contributed by atoms with Crippen LogP contribution in [0.1, 0.15) is 20.3 Å². The second-order valence-electron chi connectivity index (χ2n) is 2.87. The van der Waals surface area contributed by atoms with Crippen molar-refractivity contribution in [1.29, 1.82) is 5.26 Å². The van der Waals surface area contributed by atoms with E-state index in [9.17, 15) is 0 Å². The van der Waals surface area contributed by atoms with Crippen LogP contribution >= 0.6 is 0 Å². The summed E-state index contributed by atoms with van der Waals surface area (Å²) in [4.78, 5) is 0. The van der Waals surface area contributed by atoms with E-state index in [1.54, 1.807) is 6.08 Å². The lowest BCUT2D eigenvalue weighted by atomic mass is 9.86.